The van der Waals surface area contributed by atoms with Crippen LogP contribution in [-0.4, -0.2) is 44.6 Å². The van der Waals surface area contributed by atoms with Crippen molar-refractivity contribution in [3.63, 3.8) is 0 Å². The third-order valence-electron chi connectivity index (χ3n) is 2.52. The van der Waals surface area contributed by atoms with Crippen LogP contribution in [0.5, 0.6) is 5.75 Å². The number of ether oxygens (including phenoxy) is 2. The topological polar surface area (TPSA) is 81.9 Å². The van der Waals surface area contributed by atoms with Crippen molar-refractivity contribution in [2.24, 2.45) is 0 Å². The van der Waals surface area contributed by atoms with Crippen molar-refractivity contribution in [3.8, 4) is 5.75 Å². The number of hydrogen-bond donors (Lipinski definition) is 1. The molecule has 0 saturated carbocycles. The minimum Gasteiger partial charge on any atom is -0.492 e. The van der Waals surface area contributed by atoms with Crippen LogP contribution >= 0.6 is 0 Å². The molecular weight excluding hydrogens is 248 g/mol. The van der Waals surface area contributed by atoms with Crippen LogP contribution in [0.2, 0.25) is 0 Å². The van der Waals surface area contributed by atoms with Crippen molar-refractivity contribution < 1.29 is 19.1 Å². The Labute approximate surface area is 112 Å². The fourth-order valence-electron chi connectivity index (χ4n) is 1.46. The van der Waals surface area contributed by atoms with E-state index >= 15 is 0 Å². The maximum absolute atomic E-state index is 11.6. The lowest BCUT2D eigenvalue weighted by atomic mass is 10.1. The number of amides is 1. The van der Waals surface area contributed by atoms with Crippen LogP contribution in [0.15, 0.2) is 18.2 Å². The molecule has 0 aliphatic carbocycles. The maximum atomic E-state index is 11.6. The van der Waals surface area contributed by atoms with Gasteiger partial charge in [-0.3, -0.25) is 4.79 Å². The molecule has 0 bridgehead atoms. The number of carbonyl (C=O) groups is 2. The van der Waals surface area contributed by atoms with E-state index in [4.69, 9.17) is 10.5 Å². The van der Waals surface area contributed by atoms with Crippen LogP contribution in [0.1, 0.15) is 16.8 Å². The van der Waals surface area contributed by atoms with Crippen molar-refractivity contribution >= 4 is 17.6 Å². The SMILES string of the molecule is COC(=O)c1c(N)cccc1OCCC(=O)N(C)C. The van der Waals surface area contributed by atoms with Gasteiger partial charge in [-0.05, 0) is 12.1 Å². The lowest BCUT2D eigenvalue weighted by Crippen LogP contribution is -2.23. The summed E-state index contributed by atoms with van der Waals surface area (Å²) in [4.78, 5) is 24.5. The Bertz CT molecular complexity index is 472. The number of nitrogen functional groups attached to an aromatic ring is 1. The first-order valence-electron chi connectivity index (χ1n) is 5.77. The van der Waals surface area contributed by atoms with Gasteiger partial charge < -0.3 is 20.1 Å². The number of nitrogens with zero attached hydrogens (tertiary/aromatic N) is 1. The first-order chi connectivity index (χ1) is 8.97. The monoisotopic (exact) mass is 266 g/mol. The molecule has 0 heterocycles. The van der Waals surface area contributed by atoms with Crippen molar-refractivity contribution in [2.45, 2.75) is 6.42 Å². The molecule has 0 aromatic heterocycles. The molecule has 0 atom stereocenters. The minimum absolute atomic E-state index is 0.0523. The number of benzene rings is 1. The number of methoxy groups -OCH3 is 1. The highest BCUT2D eigenvalue weighted by molar-refractivity contribution is 5.98. The molecule has 2 N–H and O–H groups in total. The molecule has 6 nitrogen and oxygen atoms in total. The highest BCUT2D eigenvalue weighted by atomic mass is 16.5. The molecule has 0 unspecified atom stereocenters. The number of hydrogen-bond acceptors (Lipinski definition) is 5. The highest BCUT2D eigenvalue weighted by Crippen LogP contribution is 2.25. The van der Waals surface area contributed by atoms with Crippen LogP contribution in [0.25, 0.3) is 0 Å². The van der Waals surface area contributed by atoms with E-state index in [0.29, 0.717) is 5.75 Å². The fraction of sp³-hybridized carbons (Fsp3) is 0.385. The Hall–Kier alpha value is -2.24. The van der Waals surface area contributed by atoms with Gasteiger partial charge in [-0.2, -0.15) is 0 Å². The first-order valence-corrected chi connectivity index (χ1v) is 5.77. The predicted molar refractivity (Wildman–Crippen MR) is 71.0 cm³/mol. The Balaban J connectivity index is 2.76. The smallest absolute Gasteiger partial charge is 0.343 e. The van der Waals surface area contributed by atoms with E-state index < -0.39 is 5.97 Å². The molecule has 0 spiro atoms. The van der Waals surface area contributed by atoms with Gasteiger partial charge in [-0.1, -0.05) is 6.07 Å². The summed E-state index contributed by atoms with van der Waals surface area (Å²) in [7, 11) is 4.61. The van der Waals surface area contributed by atoms with Gasteiger partial charge in [0.05, 0.1) is 20.1 Å². The second-order valence-corrected chi connectivity index (χ2v) is 4.10. The molecule has 6 heteroatoms. The summed E-state index contributed by atoms with van der Waals surface area (Å²) in [5, 5.41) is 0. The van der Waals surface area contributed by atoms with E-state index in [1.807, 2.05) is 0 Å². The van der Waals surface area contributed by atoms with Crippen molar-refractivity contribution in [2.75, 3.05) is 33.5 Å². The lowest BCUT2D eigenvalue weighted by Gasteiger charge is -2.13. The van der Waals surface area contributed by atoms with Crippen LogP contribution in [0.4, 0.5) is 5.69 Å². The predicted octanol–water partition coefficient (Wildman–Crippen LogP) is 0.912. The van der Waals surface area contributed by atoms with E-state index in [-0.39, 0.29) is 30.2 Å². The van der Waals surface area contributed by atoms with Gasteiger partial charge in [0.25, 0.3) is 0 Å². The minimum atomic E-state index is -0.563. The Kier molecular flexibility index (Phi) is 5.17. The molecule has 19 heavy (non-hydrogen) atoms. The normalized spacial score (nSPS) is 9.84. The molecule has 1 aromatic carbocycles. The summed E-state index contributed by atoms with van der Waals surface area (Å²) in [6.07, 6.45) is 0.225. The van der Waals surface area contributed by atoms with Gasteiger partial charge in [0.15, 0.2) is 0 Å². The molecule has 0 saturated heterocycles. The number of nitrogens with two attached hydrogens (primary N) is 1. The highest BCUT2D eigenvalue weighted by Gasteiger charge is 2.17. The lowest BCUT2D eigenvalue weighted by molar-refractivity contribution is -0.129. The molecular formula is C13H18N2O4. The van der Waals surface area contributed by atoms with E-state index in [1.165, 1.54) is 12.0 Å². The van der Waals surface area contributed by atoms with E-state index in [2.05, 4.69) is 4.74 Å². The summed E-state index contributed by atoms with van der Waals surface area (Å²) in [6.45, 7) is 0.171. The van der Waals surface area contributed by atoms with Gasteiger partial charge >= 0.3 is 5.97 Å². The van der Waals surface area contributed by atoms with Crippen molar-refractivity contribution in [1.82, 2.24) is 4.90 Å². The van der Waals surface area contributed by atoms with E-state index in [0.717, 1.165) is 0 Å². The Morgan fingerprint density at radius 3 is 2.58 bits per heavy atom. The molecule has 0 aliphatic heterocycles. The molecule has 1 rings (SSSR count). The molecule has 104 valence electrons. The van der Waals surface area contributed by atoms with Crippen molar-refractivity contribution in [1.29, 1.82) is 0 Å². The molecule has 0 radical (unpaired) electrons. The largest absolute Gasteiger partial charge is 0.492 e. The van der Waals surface area contributed by atoms with Gasteiger partial charge in [-0.15, -0.1) is 0 Å². The quantitative estimate of drug-likeness (QED) is 0.633. The summed E-state index contributed by atoms with van der Waals surface area (Å²) in [5.41, 5.74) is 6.19. The zero-order valence-corrected chi connectivity index (χ0v) is 11.3. The molecule has 0 fully saturated rings. The number of carbonyl (C=O) groups excluding carboxylic acids is 2. The second kappa shape index (κ2) is 6.63. The van der Waals surface area contributed by atoms with Crippen LogP contribution in [0.3, 0.4) is 0 Å². The van der Waals surface area contributed by atoms with Crippen LogP contribution in [-0.2, 0) is 9.53 Å². The number of esters is 1. The van der Waals surface area contributed by atoms with Gasteiger partial charge in [-0.25, -0.2) is 4.79 Å². The summed E-state index contributed by atoms with van der Waals surface area (Å²) < 4.78 is 10.1. The summed E-state index contributed by atoms with van der Waals surface area (Å²) in [5.74, 6) is -0.297. The second-order valence-electron chi connectivity index (χ2n) is 4.10. The average molecular weight is 266 g/mol. The summed E-state index contributed by atoms with van der Waals surface area (Å²) in [6, 6.07) is 4.87. The Morgan fingerprint density at radius 1 is 1.32 bits per heavy atom. The standard InChI is InChI=1S/C13H18N2O4/c1-15(2)11(16)7-8-19-10-6-4-5-9(14)12(10)13(17)18-3/h4-6H,7-8,14H2,1-3H3. The number of anilines is 1. The van der Waals surface area contributed by atoms with Gasteiger partial charge in [0.2, 0.25) is 5.91 Å². The van der Waals surface area contributed by atoms with Crippen LogP contribution < -0.4 is 10.5 Å². The molecule has 0 aliphatic rings. The van der Waals surface area contributed by atoms with Gasteiger partial charge in [0.1, 0.15) is 11.3 Å². The first kappa shape index (κ1) is 14.8. The Morgan fingerprint density at radius 2 is 2.00 bits per heavy atom. The van der Waals surface area contributed by atoms with Gasteiger partial charge in [0, 0.05) is 19.8 Å². The third-order valence-corrected chi connectivity index (χ3v) is 2.52. The zero-order valence-electron chi connectivity index (χ0n) is 11.3. The molecule has 1 aromatic rings. The third kappa shape index (κ3) is 3.87. The maximum Gasteiger partial charge on any atom is 0.343 e. The van der Waals surface area contributed by atoms with Crippen LogP contribution in [0, 0.1) is 0 Å². The van der Waals surface area contributed by atoms with E-state index in [1.54, 1.807) is 32.3 Å². The fourth-order valence-corrected chi connectivity index (χ4v) is 1.46. The van der Waals surface area contributed by atoms with Crippen molar-refractivity contribution in [3.05, 3.63) is 23.8 Å². The molecule has 1 amide bonds. The summed E-state index contributed by atoms with van der Waals surface area (Å²) >= 11 is 0. The van der Waals surface area contributed by atoms with E-state index in [9.17, 15) is 9.59 Å². The number of rotatable bonds is 5. The zero-order chi connectivity index (χ0) is 14.4. The average Bonchev–Trinajstić information content (AvgIpc) is 2.37.